The van der Waals surface area contributed by atoms with Crippen molar-refractivity contribution in [3.8, 4) is 17.2 Å². The highest BCUT2D eigenvalue weighted by molar-refractivity contribution is 7.18. The number of fused-ring (bicyclic) bond motifs is 1. The van der Waals surface area contributed by atoms with Gasteiger partial charge in [0.1, 0.15) is 10.8 Å². The molecule has 0 spiro atoms. The summed E-state index contributed by atoms with van der Waals surface area (Å²) >= 11 is 1.18. The van der Waals surface area contributed by atoms with Gasteiger partial charge >= 0.3 is 0 Å². The molecule has 108 valence electrons. The van der Waals surface area contributed by atoms with Crippen LogP contribution in [-0.4, -0.2) is 10.8 Å². The number of nitriles is 1. The fourth-order valence-electron chi connectivity index (χ4n) is 2.25. The number of carbonyl (C=O) groups is 1. The number of hydrogen-bond donors (Lipinski definition) is 0. The number of hydrogen-bond acceptors (Lipinski definition) is 4. The van der Waals surface area contributed by atoms with Gasteiger partial charge < -0.3 is 0 Å². The highest BCUT2D eigenvalue weighted by Crippen LogP contribution is 2.33. The van der Waals surface area contributed by atoms with Crippen LogP contribution in [0.15, 0.2) is 42.5 Å². The number of ketones is 1. The Morgan fingerprint density at radius 1 is 1.32 bits per heavy atom. The van der Waals surface area contributed by atoms with Crippen molar-refractivity contribution in [3.05, 3.63) is 53.3 Å². The first-order valence-corrected chi connectivity index (χ1v) is 7.47. The minimum atomic E-state index is -0.888. The SMILES string of the molecule is CC(=O)C(C#N)c1nc2cc(-c3ccccc3)c(F)cc2s1. The van der Waals surface area contributed by atoms with Crippen LogP contribution < -0.4 is 0 Å². The van der Waals surface area contributed by atoms with Crippen molar-refractivity contribution in [1.29, 1.82) is 5.26 Å². The molecule has 0 saturated carbocycles. The van der Waals surface area contributed by atoms with Crippen molar-refractivity contribution in [1.82, 2.24) is 4.98 Å². The molecule has 22 heavy (non-hydrogen) atoms. The molecule has 0 aliphatic rings. The van der Waals surface area contributed by atoms with Crippen LogP contribution in [0.2, 0.25) is 0 Å². The molecule has 1 atom stereocenters. The maximum absolute atomic E-state index is 14.3. The van der Waals surface area contributed by atoms with Crippen molar-refractivity contribution >= 4 is 27.3 Å². The predicted octanol–water partition coefficient (Wildman–Crippen LogP) is 4.30. The van der Waals surface area contributed by atoms with Gasteiger partial charge in [0.05, 0.1) is 16.3 Å². The summed E-state index contributed by atoms with van der Waals surface area (Å²) in [5.41, 5.74) is 1.82. The molecule has 0 bridgehead atoms. The van der Waals surface area contributed by atoms with Crippen LogP contribution in [0.1, 0.15) is 17.8 Å². The molecule has 0 saturated heterocycles. The first-order valence-electron chi connectivity index (χ1n) is 6.65. The third kappa shape index (κ3) is 2.49. The van der Waals surface area contributed by atoms with Crippen LogP contribution in [0, 0.1) is 17.1 Å². The summed E-state index contributed by atoms with van der Waals surface area (Å²) in [6.07, 6.45) is 0. The molecule has 1 aromatic heterocycles. The van der Waals surface area contributed by atoms with Gasteiger partial charge in [-0.2, -0.15) is 5.26 Å². The molecular weight excluding hydrogens is 299 g/mol. The lowest BCUT2D eigenvalue weighted by molar-refractivity contribution is -0.117. The van der Waals surface area contributed by atoms with E-state index < -0.39 is 5.92 Å². The Hall–Kier alpha value is -2.58. The molecule has 0 fully saturated rings. The normalized spacial score (nSPS) is 12.0. The minimum absolute atomic E-state index is 0.259. The zero-order chi connectivity index (χ0) is 15.7. The van der Waals surface area contributed by atoms with Gasteiger partial charge in [-0.25, -0.2) is 9.37 Å². The Morgan fingerprint density at radius 3 is 2.68 bits per heavy atom. The number of nitrogens with zero attached hydrogens (tertiary/aromatic N) is 2. The fourth-order valence-corrected chi connectivity index (χ4v) is 3.33. The summed E-state index contributed by atoms with van der Waals surface area (Å²) in [6.45, 7) is 1.36. The van der Waals surface area contributed by atoms with Crippen molar-refractivity contribution < 1.29 is 9.18 Å². The van der Waals surface area contributed by atoms with Crippen molar-refractivity contribution in [2.45, 2.75) is 12.8 Å². The highest BCUT2D eigenvalue weighted by atomic mass is 32.1. The minimum Gasteiger partial charge on any atom is -0.298 e. The zero-order valence-corrected chi connectivity index (χ0v) is 12.5. The van der Waals surface area contributed by atoms with Crippen LogP contribution in [0.25, 0.3) is 21.3 Å². The van der Waals surface area contributed by atoms with Crippen molar-refractivity contribution in [3.63, 3.8) is 0 Å². The van der Waals surface area contributed by atoms with E-state index in [1.807, 2.05) is 36.4 Å². The lowest BCUT2D eigenvalue weighted by Crippen LogP contribution is -2.05. The average molecular weight is 310 g/mol. The molecule has 0 aliphatic heterocycles. The van der Waals surface area contributed by atoms with Crippen molar-refractivity contribution in [2.24, 2.45) is 0 Å². The zero-order valence-electron chi connectivity index (χ0n) is 11.7. The number of Topliss-reactive ketones (excluding diaryl/α,β-unsaturated/α-hetero) is 1. The summed E-state index contributed by atoms with van der Waals surface area (Å²) < 4.78 is 14.9. The molecule has 0 amide bonds. The molecule has 3 nitrogen and oxygen atoms in total. The van der Waals surface area contributed by atoms with E-state index in [1.165, 1.54) is 24.3 Å². The standard InChI is InChI=1S/C17H11FN2OS/c1-10(21)13(9-19)17-20-15-7-12(11-5-3-2-4-6-11)14(18)8-16(15)22-17/h2-8,13H,1H3. The number of rotatable bonds is 3. The Labute approximate surface area is 130 Å². The number of aromatic nitrogens is 1. The van der Waals surface area contributed by atoms with Gasteiger partial charge in [0.15, 0.2) is 11.7 Å². The summed E-state index contributed by atoms with van der Waals surface area (Å²) in [5.74, 6) is -1.49. The predicted molar refractivity (Wildman–Crippen MR) is 84.0 cm³/mol. The monoisotopic (exact) mass is 310 g/mol. The second kappa shape index (κ2) is 5.66. The molecule has 5 heteroatoms. The second-order valence-electron chi connectivity index (χ2n) is 4.89. The van der Waals surface area contributed by atoms with E-state index in [0.717, 1.165) is 5.56 Å². The maximum Gasteiger partial charge on any atom is 0.156 e. The molecule has 1 unspecified atom stereocenters. The van der Waals surface area contributed by atoms with Gasteiger partial charge in [0.25, 0.3) is 0 Å². The number of thiazole rings is 1. The fraction of sp³-hybridized carbons (Fsp3) is 0.118. The van der Waals surface area contributed by atoms with E-state index in [-0.39, 0.29) is 11.6 Å². The van der Waals surface area contributed by atoms with E-state index >= 15 is 0 Å². The smallest absolute Gasteiger partial charge is 0.156 e. The third-order valence-corrected chi connectivity index (χ3v) is 4.44. The first-order chi connectivity index (χ1) is 10.6. The van der Waals surface area contributed by atoms with Crippen LogP contribution in [-0.2, 0) is 4.79 Å². The lowest BCUT2D eigenvalue weighted by atomic mass is 10.0. The Morgan fingerprint density at radius 2 is 2.05 bits per heavy atom. The number of halogens is 1. The lowest BCUT2D eigenvalue weighted by Gasteiger charge is -2.02. The van der Waals surface area contributed by atoms with Gasteiger partial charge in [0.2, 0.25) is 0 Å². The van der Waals surface area contributed by atoms with Gasteiger partial charge in [-0.3, -0.25) is 4.79 Å². The van der Waals surface area contributed by atoms with E-state index in [1.54, 1.807) is 6.07 Å². The molecule has 0 aliphatic carbocycles. The van der Waals surface area contributed by atoms with E-state index in [0.29, 0.717) is 20.8 Å². The number of benzene rings is 2. The summed E-state index contributed by atoms with van der Waals surface area (Å²) in [5, 5.41) is 9.50. The topological polar surface area (TPSA) is 53.8 Å². The maximum atomic E-state index is 14.3. The van der Waals surface area contributed by atoms with Gasteiger partial charge in [-0.1, -0.05) is 30.3 Å². The molecule has 3 aromatic rings. The molecule has 0 N–H and O–H groups in total. The molecule has 1 heterocycles. The Bertz CT molecular complexity index is 896. The largest absolute Gasteiger partial charge is 0.298 e. The van der Waals surface area contributed by atoms with Crippen LogP contribution in [0.3, 0.4) is 0 Å². The van der Waals surface area contributed by atoms with Gasteiger partial charge in [-0.15, -0.1) is 11.3 Å². The Balaban J connectivity index is 2.15. The second-order valence-corrected chi connectivity index (χ2v) is 5.95. The van der Waals surface area contributed by atoms with Gasteiger partial charge in [-0.05, 0) is 24.6 Å². The average Bonchev–Trinajstić information content (AvgIpc) is 2.89. The van der Waals surface area contributed by atoms with E-state index in [9.17, 15) is 9.18 Å². The third-order valence-electron chi connectivity index (χ3n) is 3.36. The number of carbonyl (C=O) groups excluding carboxylic acids is 1. The van der Waals surface area contributed by atoms with Gasteiger partial charge in [0, 0.05) is 5.56 Å². The molecule has 3 rings (SSSR count). The molecular formula is C17H11FN2OS. The summed E-state index contributed by atoms with van der Waals surface area (Å²) in [4.78, 5) is 15.8. The van der Waals surface area contributed by atoms with E-state index in [4.69, 9.17) is 5.26 Å². The van der Waals surface area contributed by atoms with Crippen molar-refractivity contribution in [2.75, 3.05) is 0 Å². The summed E-state index contributed by atoms with van der Waals surface area (Å²) in [6, 6.07) is 14.2. The van der Waals surface area contributed by atoms with Crippen LogP contribution in [0.4, 0.5) is 4.39 Å². The van der Waals surface area contributed by atoms with Crippen LogP contribution in [0.5, 0.6) is 0 Å². The van der Waals surface area contributed by atoms with E-state index in [2.05, 4.69) is 4.98 Å². The first kappa shape index (κ1) is 14.4. The highest BCUT2D eigenvalue weighted by Gasteiger charge is 2.21. The quantitative estimate of drug-likeness (QED) is 0.725. The molecule has 2 aromatic carbocycles. The Kier molecular flexibility index (Phi) is 3.70. The van der Waals surface area contributed by atoms with Crippen LogP contribution >= 0.6 is 11.3 Å². The molecule has 0 radical (unpaired) electrons. The summed E-state index contributed by atoms with van der Waals surface area (Å²) in [7, 11) is 0.